The molecule has 0 saturated carbocycles. The highest BCUT2D eigenvalue weighted by atomic mass is 16.5. The van der Waals surface area contributed by atoms with Gasteiger partial charge in [-0.1, -0.05) is 25.5 Å². The number of aromatic hydroxyl groups is 1. The van der Waals surface area contributed by atoms with Gasteiger partial charge in [-0.05, 0) is 24.1 Å². The van der Waals surface area contributed by atoms with E-state index in [0.29, 0.717) is 12.2 Å². The highest BCUT2D eigenvalue weighted by molar-refractivity contribution is 6.04. The number of hydrogen-bond donors (Lipinski definition) is 2. The standard InChI is InChI=1S/C20H24N4O5/c1-4-5-10-23-19(27)17(18(26)21-20(23)28)15-11-16(24(22-15)12(2)25)13-6-8-14(29-3)9-7-13/h6-9,16,27H,4-5,10-11H2,1-3H3,(H,21,26,28)/t16-/m1/s1. The summed E-state index contributed by atoms with van der Waals surface area (Å²) in [4.78, 5) is 38.9. The molecule has 154 valence electrons. The molecule has 0 radical (unpaired) electrons. The van der Waals surface area contributed by atoms with E-state index in [9.17, 15) is 19.5 Å². The predicted molar refractivity (Wildman–Crippen MR) is 107 cm³/mol. The highest BCUT2D eigenvalue weighted by Gasteiger charge is 2.34. The minimum absolute atomic E-state index is 0.0806. The van der Waals surface area contributed by atoms with Crippen LogP contribution in [-0.2, 0) is 11.3 Å². The molecule has 0 fully saturated rings. The van der Waals surface area contributed by atoms with Gasteiger partial charge in [-0.2, -0.15) is 5.10 Å². The van der Waals surface area contributed by atoms with Crippen molar-refractivity contribution in [3.8, 4) is 11.6 Å². The second-order valence-electron chi connectivity index (χ2n) is 6.87. The average Bonchev–Trinajstić information content (AvgIpc) is 3.13. The molecule has 0 aliphatic carbocycles. The fourth-order valence-corrected chi connectivity index (χ4v) is 3.38. The first-order chi connectivity index (χ1) is 13.9. The molecule has 1 aromatic carbocycles. The Kier molecular flexibility index (Phi) is 5.86. The molecular formula is C20H24N4O5. The molecule has 2 N–H and O–H groups in total. The van der Waals surface area contributed by atoms with Crippen molar-refractivity contribution >= 4 is 11.6 Å². The number of aromatic amines is 1. The molecule has 1 atom stereocenters. The second-order valence-corrected chi connectivity index (χ2v) is 6.87. The van der Waals surface area contributed by atoms with E-state index >= 15 is 0 Å². The van der Waals surface area contributed by atoms with Crippen molar-refractivity contribution in [3.63, 3.8) is 0 Å². The van der Waals surface area contributed by atoms with E-state index in [1.807, 2.05) is 19.1 Å². The molecule has 1 amide bonds. The number of H-pyrrole nitrogens is 1. The van der Waals surface area contributed by atoms with Crippen molar-refractivity contribution in [1.29, 1.82) is 0 Å². The molecule has 3 rings (SSSR count). The third-order valence-electron chi connectivity index (χ3n) is 4.93. The van der Waals surface area contributed by atoms with Crippen molar-refractivity contribution in [1.82, 2.24) is 14.6 Å². The molecule has 0 bridgehead atoms. The predicted octanol–water partition coefficient (Wildman–Crippen LogP) is 1.75. The maximum atomic E-state index is 12.4. The van der Waals surface area contributed by atoms with Gasteiger partial charge in [0.25, 0.3) is 5.56 Å². The summed E-state index contributed by atoms with van der Waals surface area (Å²) in [5, 5.41) is 16.2. The van der Waals surface area contributed by atoms with E-state index in [2.05, 4.69) is 10.1 Å². The fraction of sp³-hybridized carbons (Fsp3) is 0.400. The Balaban J connectivity index is 2.03. The van der Waals surface area contributed by atoms with Crippen LogP contribution in [0.25, 0.3) is 0 Å². The topological polar surface area (TPSA) is 117 Å². The molecule has 1 aliphatic heterocycles. The monoisotopic (exact) mass is 400 g/mol. The molecule has 0 unspecified atom stereocenters. The minimum atomic E-state index is -0.724. The molecule has 1 aromatic heterocycles. The fourth-order valence-electron chi connectivity index (χ4n) is 3.38. The van der Waals surface area contributed by atoms with Crippen molar-refractivity contribution < 1.29 is 14.6 Å². The van der Waals surface area contributed by atoms with Crippen LogP contribution in [0.1, 0.15) is 50.3 Å². The van der Waals surface area contributed by atoms with E-state index in [1.54, 1.807) is 19.2 Å². The van der Waals surface area contributed by atoms with Crippen LogP contribution in [0.5, 0.6) is 11.6 Å². The zero-order chi connectivity index (χ0) is 21.1. The Morgan fingerprint density at radius 1 is 1.31 bits per heavy atom. The number of ether oxygens (including phenoxy) is 1. The van der Waals surface area contributed by atoms with Crippen LogP contribution in [0.3, 0.4) is 0 Å². The summed E-state index contributed by atoms with van der Waals surface area (Å²) >= 11 is 0. The number of amides is 1. The van der Waals surface area contributed by atoms with Gasteiger partial charge in [0.2, 0.25) is 11.8 Å². The van der Waals surface area contributed by atoms with Crippen molar-refractivity contribution in [2.24, 2.45) is 5.10 Å². The zero-order valence-corrected chi connectivity index (χ0v) is 16.6. The number of methoxy groups -OCH3 is 1. The SMILES string of the molecule is CCCCn1c(O)c(C2=NN(C(C)=O)[C@@H](c3ccc(OC)cc3)C2)c(=O)[nH]c1=O. The average molecular weight is 400 g/mol. The van der Waals surface area contributed by atoms with Gasteiger partial charge in [0.1, 0.15) is 11.3 Å². The van der Waals surface area contributed by atoms with Gasteiger partial charge in [-0.15, -0.1) is 0 Å². The Morgan fingerprint density at radius 2 is 2.00 bits per heavy atom. The van der Waals surface area contributed by atoms with E-state index in [1.165, 1.54) is 11.9 Å². The first-order valence-electron chi connectivity index (χ1n) is 9.45. The van der Waals surface area contributed by atoms with Crippen LogP contribution in [0.15, 0.2) is 39.0 Å². The summed E-state index contributed by atoms with van der Waals surface area (Å²) in [5.74, 6) is -0.0415. The number of carbonyl (C=O) groups excluding carboxylic acids is 1. The van der Waals surface area contributed by atoms with Gasteiger partial charge in [-0.3, -0.25) is 19.1 Å². The first kappa shape index (κ1) is 20.4. The number of aromatic nitrogens is 2. The Labute approximate surface area is 167 Å². The molecule has 0 spiro atoms. The summed E-state index contributed by atoms with van der Waals surface area (Å²) in [5.41, 5.74) is -0.403. The molecule has 2 aromatic rings. The molecule has 9 nitrogen and oxygen atoms in total. The van der Waals surface area contributed by atoms with E-state index in [0.717, 1.165) is 16.6 Å². The van der Waals surface area contributed by atoms with Gasteiger partial charge >= 0.3 is 5.69 Å². The number of nitrogens with one attached hydrogen (secondary N) is 1. The van der Waals surface area contributed by atoms with Crippen LogP contribution in [0.4, 0.5) is 0 Å². The highest BCUT2D eigenvalue weighted by Crippen LogP contribution is 2.34. The number of nitrogens with zero attached hydrogens (tertiary/aromatic N) is 3. The lowest BCUT2D eigenvalue weighted by molar-refractivity contribution is -0.130. The lowest BCUT2D eigenvalue weighted by Gasteiger charge is -2.20. The Bertz CT molecular complexity index is 1050. The molecular weight excluding hydrogens is 376 g/mol. The number of hydrazone groups is 1. The third kappa shape index (κ3) is 3.94. The molecule has 1 aliphatic rings. The molecule has 9 heteroatoms. The Morgan fingerprint density at radius 3 is 2.59 bits per heavy atom. The van der Waals surface area contributed by atoms with Crippen LogP contribution >= 0.6 is 0 Å². The summed E-state index contributed by atoms with van der Waals surface area (Å²) in [6.45, 7) is 3.62. The Hall–Kier alpha value is -3.36. The zero-order valence-electron chi connectivity index (χ0n) is 16.6. The normalized spacial score (nSPS) is 16.0. The quantitative estimate of drug-likeness (QED) is 0.766. The van der Waals surface area contributed by atoms with Gasteiger partial charge in [-0.25, -0.2) is 9.80 Å². The number of benzene rings is 1. The minimum Gasteiger partial charge on any atom is -0.497 e. The maximum absolute atomic E-state index is 12.4. The number of carbonyl (C=O) groups is 1. The maximum Gasteiger partial charge on any atom is 0.331 e. The van der Waals surface area contributed by atoms with Crippen LogP contribution in [0, 0.1) is 0 Å². The summed E-state index contributed by atoms with van der Waals surface area (Å²) in [6, 6.07) is 6.78. The van der Waals surface area contributed by atoms with Crippen molar-refractivity contribution in [2.45, 2.75) is 45.7 Å². The van der Waals surface area contributed by atoms with Crippen LogP contribution < -0.4 is 16.0 Å². The van der Waals surface area contributed by atoms with Crippen molar-refractivity contribution in [2.75, 3.05) is 7.11 Å². The van der Waals surface area contributed by atoms with Crippen molar-refractivity contribution in [3.05, 3.63) is 56.2 Å². The van der Waals surface area contributed by atoms with Gasteiger partial charge in [0.05, 0.1) is 18.9 Å². The second kappa shape index (κ2) is 8.34. The van der Waals surface area contributed by atoms with Gasteiger partial charge in [0.15, 0.2) is 0 Å². The molecule has 2 heterocycles. The summed E-state index contributed by atoms with van der Waals surface area (Å²) < 4.78 is 6.29. The van der Waals surface area contributed by atoms with E-state index < -0.39 is 23.2 Å². The summed E-state index contributed by atoms with van der Waals surface area (Å²) in [6.07, 6.45) is 1.72. The van der Waals surface area contributed by atoms with Crippen LogP contribution in [0.2, 0.25) is 0 Å². The molecule has 29 heavy (non-hydrogen) atoms. The van der Waals surface area contributed by atoms with Crippen LogP contribution in [-0.4, -0.2) is 38.4 Å². The number of rotatable bonds is 6. The third-order valence-corrected chi connectivity index (χ3v) is 4.93. The first-order valence-corrected chi connectivity index (χ1v) is 9.45. The van der Waals surface area contributed by atoms with E-state index in [4.69, 9.17) is 4.74 Å². The number of unbranched alkanes of at least 4 members (excludes halogenated alkanes) is 1. The largest absolute Gasteiger partial charge is 0.497 e. The van der Waals surface area contributed by atoms with Gasteiger partial charge in [0, 0.05) is 19.9 Å². The lowest BCUT2D eigenvalue weighted by atomic mass is 9.99. The van der Waals surface area contributed by atoms with Gasteiger partial charge < -0.3 is 9.84 Å². The molecule has 0 saturated heterocycles. The van der Waals surface area contributed by atoms with E-state index in [-0.39, 0.29) is 30.1 Å². The number of hydrogen-bond acceptors (Lipinski definition) is 6. The summed E-state index contributed by atoms with van der Waals surface area (Å²) in [7, 11) is 1.57. The lowest BCUT2D eigenvalue weighted by Crippen LogP contribution is -2.33. The smallest absolute Gasteiger partial charge is 0.331 e.